The first kappa shape index (κ1) is 13.4. The lowest BCUT2D eigenvalue weighted by atomic mass is 9.69. The van der Waals surface area contributed by atoms with Crippen molar-refractivity contribution in [2.45, 2.75) is 58.4 Å². The van der Waals surface area contributed by atoms with Gasteiger partial charge in [0.2, 0.25) is 0 Å². The second kappa shape index (κ2) is 5.71. The van der Waals surface area contributed by atoms with Gasteiger partial charge in [0.15, 0.2) is 0 Å². The van der Waals surface area contributed by atoms with E-state index in [2.05, 4.69) is 31.1 Å². The zero-order valence-corrected chi connectivity index (χ0v) is 12.0. The second-order valence-corrected chi connectivity index (χ2v) is 6.92. The Bertz CT molecular complexity index is 231. The Morgan fingerprint density at radius 3 is 2.53 bits per heavy atom. The number of rotatable bonds is 3. The van der Waals surface area contributed by atoms with Crippen LogP contribution in [-0.2, 0) is 0 Å². The van der Waals surface area contributed by atoms with Crippen molar-refractivity contribution in [2.75, 3.05) is 26.7 Å². The van der Waals surface area contributed by atoms with Gasteiger partial charge in [0, 0.05) is 12.6 Å². The van der Waals surface area contributed by atoms with Gasteiger partial charge in [0.25, 0.3) is 0 Å². The van der Waals surface area contributed by atoms with Gasteiger partial charge in [-0.2, -0.15) is 0 Å². The minimum Gasteiger partial charge on any atom is -0.317 e. The van der Waals surface area contributed by atoms with Crippen molar-refractivity contribution in [2.24, 2.45) is 11.3 Å². The molecule has 1 aliphatic carbocycles. The normalized spacial score (nSPS) is 34.8. The highest BCUT2D eigenvalue weighted by Crippen LogP contribution is 2.39. The van der Waals surface area contributed by atoms with Crippen LogP contribution in [0.2, 0.25) is 0 Å². The molecule has 2 atom stereocenters. The Morgan fingerprint density at radius 1 is 1.18 bits per heavy atom. The number of hydrogen-bond acceptors (Lipinski definition) is 2. The highest BCUT2D eigenvalue weighted by Gasteiger charge is 2.34. The maximum atomic E-state index is 3.55. The molecule has 0 bridgehead atoms. The van der Waals surface area contributed by atoms with E-state index in [1.54, 1.807) is 0 Å². The topological polar surface area (TPSA) is 15.3 Å². The first-order valence-electron chi connectivity index (χ1n) is 7.50. The van der Waals surface area contributed by atoms with Crippen molar-refractivity contribution in [1.82, 2.24) is 10.2 Å². The first-order chi connectivity index (χ1) is 8.11. The summed E-state index contributed by atoms with van der Waals surface area (Å²) in [5.41, 5.74) is 0.563. The van der Waals surface area contributed by atoms with Crippen LogP contribution in [0.4, 0.5) is 0 Å². The lowest BCUT2D eigenvalue weighted by Crippen LogP contribution is -2.47. The van der Waals surface area contributed by atoms with Gasteiger partial charge in [-0.25, -0.2) is 0 Å². The molecule has 2 nitrogen and oxygen atoms in total. The molecule has 0 radical (unpaired) electrons. The van der Waals surface area contributed by atoms with Gasteiger partial charge in [0.05, 0.1) is 0 Å². The first-order valence-corrected chi connectivity index (χ1v) is 7.50. The highest BCUT2D eigenvalue weighted by atomic mass is 15.1. The van der Waals surface area contributed by atoms with Gasteiger partial charge in [-0.05, 0) is 63.6 Å². The molecule has 2 heteroatoms. The average molecular weight is 238 g/mol. The quantitative estimate of drug-likeness (QED) is 0.813. The fourth-order valence-corrected chi connectivity index (χ4v) is 3.78. The zero-order chi connectivity index (χ0) is 12.3. The zero-order valence-electron chi connectivity index (χ0n) is 12.0. The molecule has 1 heterocycles. The van der Waals surface area contributed by atoms with E-state index in [9.17, 15) is 0 Å². The molecular formula is C15H30N2. The molecule has 2 unspecified atom stereocenters. The molecule has 17 heavy (non-hydrogen) atoms. The molecular weight excluding hydrogens is 208 g/mol. The average Bonchev–Trinajstić information content (AvgIpc) is 2.30. The third-order valence-corrected chi connectivity index (χ3v) is 4.83. The van der Waals surface area contributed by atoms with E-state index < -0.39 is 0 Å². The lowest BCUT2D eigenvalue weighted by Gasteiger charge is -2.43. The van der Waals surface area contributed by atoms with Crippen LogP contribution in [0.3, 0.4) is 0 Å². The largest absolute Gasteiger partial charge is 0.317 e. The molecule has 1 saturated carbocycles. The SMILES string of the molecule is CNC1CCC(C)(C)CC1CN1CCCCC1. The van der Waals surface area contributed by atoms with Crippen LogP contribution < -0.4 is 5.32 Å². The minimum absolute atomic E-state index is 0.563. The van der Waals surface area contributed by atoms with Gasteiger partial charge >= 0.3 is 0 Å². The van der Waals surface area contributed by atoms with Gasteiger partial charge in [-0.3, -0.25) is 0 Å². The Labute approximate surface area is 107 Å². The summed E-state index contributed by atoms with van der Waals surface area (Å²) < 4.78 is 0. The maximum Gasteiger partial charge on any atom is 0.0105 e. The molecule has 0 aromatic rings. The summed E-state index contributed by atoms with van der Waals surface area (Å²) >= 11 is 0. The summed E-state index contributed by atoms with van der Waals surface area (Å²) in [6.45, 7) is 8.90. The van der Waals surface area contributed by atoms with Crippen molar-refractivity contribution in [3.63, 3.8) is 0 Å². The lowest BCUT2D eigenvalue weighted by molar-refractivity contribution is 0.0948. The van der Waals surface area contributed by atoms with Gasteiger partial charge in [0.1, 0.15) is 0 Å². The summed E-state index contributed by atoms with van der Waals surface area (Å²) in [5, 5.41) is 3.55. The van der Waals surface area contributed by atoms with Crippen molar-refractivity contribution in [1.29, 1.82) is 0 Å². The molecule has 0 spiro atoms. The third kappa shape index (κ3) is 3.69. The molecule has 1 saturated heterocycles. The van der Waals surface area contributed by atoms with Gasteiger partial charge in [-0.15, -0.1) is 0 Å². The molecule has 1 aliphatic heterocycles. The van der Waals surface area contributed by atoms with Crippen LogP contribution in [0.5, 0.6) is 0 Å². The van der Waals surface area contributed by atoms with Crippen molar-refractivity contribution in [3.8, 4) is 0 Å². The molecule has 1 N–H and O–H groups in total. The van der Waals surface area contributed by atoms with Crippen LogP contribution in [-0.4, -0.2) is 37.6 Å². The molecule has 0 aromatic carbocycles. The second-order valence-electron chi connectivity index (χ2n) is 6.92. The molecule has 2 aliphatic rings. The summed E-state index contributed by atoms with van der Waals surface area (Å²) in [6.07, 6.45) is 8.43. The van der Waals surface area contributed by atoms with E-state index in [1.807, 2.05) is 0 Å². The van der Waals surface area contributed by atoms with Crippen LogP contribution in [0, 0.1) is 11.3 Å². The Morgan fingerprint density at radius 2 is 1.88 bits per heavy atom. The maximum absolute atomic E-state index is 3.55. The molecule has 0 aromatic heterocycles. The van der Waals surface area contributed by atoms with E-state index in [0.717, 1.165) is 12.0 Å². The number of hydrogen-bond donors (Lipinski definition) is 1. The summed E-state index contributed by atoms with van der Waals surface area (Å²) in [5.74, 6) is 0.863. The van der Waals surface area contributed by atoms with E-state index in [0.29, 0.717) is 5.41 Å². The van der Waals surface area contributed by atoms with Crippen molar-refractivity contribution >= 4 is 0 Å². The van der Waals surface area contributed by atoms with Crippen molar-refractivity contribution in [3.05, 3.63) is 0 Å². The molecule has 2 fully saturated rings. The molecule has 2 rings (SSSR count). The summed E-state index contributed by atoms with van der Waals surface area (Å²) in [6, 6.07) is 0.755. The minimum atomic E-state index is 0.563. The number of likely N-dealkylation sites (tertiary alicyclic amines) is 1. The Balaban J connectivity index is 1.90. The smallest absolute Gasteiger partial charge is 0.0105 e. The third-order valence-electron chi connectivity index (χ3n) is 4.83. The fourth-order valence-electron chi connectivity index (χ4n) is 3.78. The van der Waals surface area contributed by atoms with E-state index >= 15 is 0 Å². The van der Waals surface area contributed by atoms with Crippen molar-refractivity contribution < 1.29 is 0 Å². The summed E-state index contributed by atoms with van der Waals surface area (Å²) in [7, 11) is 2.15. The predicted molar refractivity (Wildman–Crippen MR) is 74.3 cm³/mol. The van der Waals surface area contributed by atoms with E-state index in [-0.39, 0.29) is 0 Å². The number of piperidine rings is 1. The van der Waals surface area contributed by atoms with E-state index in [1.165, 1.54) is 58.2 Å². The van der Waals surface area contributed by atoms with Crippen LogP contribution in [0.25, 0.3) is 0 Å². The van der Waals surface area contributed by atoms with Gasteiger partial charge in [-0.1, -0.05) is 20.3 Å². The van der Waals surface area contributed by atoms with Gasteiger partial charge < -0.3 is 10.2 Å². The number of nitrogens with zero attached hydrogens (tertiary/aromatic N) is 1. The predicted octanol–water partition coefficient (Wildman–Crippen LogP) is 2.89. The standard InChI is InChI=1S/C15H30N2/c1-15(2)8-7-14(16-3)13(11-15)12-17-9-5-4-6-10-17/h13-14,16H,4-12H2,1-3H3. The molecule has 0 amide bonds. The van der Waals surface area contributed by atoms with Crippen LogP contribution in [0.1, 0.15) is 52.4 Å². The fraction of sp³-hybridized carbons (Fsp3) is 1.00. The summed E-state index contributed by atoms with van der Waals surface area (Å²) in [4.78, 5) is 2.71. The van der Waals surface area contributed by atoms with Crippen LogP contribution in [0.15, 0.2) is 0 Å². The Kier molecular flexibility index (Phi) is 4.48. The highest BCUT2D eigenvalue weighted by molar-refractivity contribution is 4.90. The van der Waals surface area contributed by atoms with Crippen LogP contribution >= 0.6 is 0 Å². The monoisotopic (exact) mass is 238 g/mol. The van der Waals surface area contributed by atoms with E-state index in [4.69, 9.17) is 0 Å². The molecule has 100 valence electrons. The Hall–Kier alpha value is -0.0800. The number of nitrogens with one attached hydrogen (secondary N) is 1.